The zero-order valence-electron chi connectivity index (χ0n) is 18.3. The number of carbonyl (C=O) groups is 3. The van der Waals surface area contributed by atoms with E-state index >= 15 is 0 Å². The Morgan fingerprint density at radius 3 is 2.38 bits per heavy atom. The Labute approximate surface area is 196 Å². The number of benzene rings is 1. The van der Waals surface area contributed by atoms with Crippen molar-refractivity contribution in [2.45, 2.75) is 48.2 Å². The largest absolute Gasteiger partial charge is 0.329 e. The van der Waals surface area contributed by atoms with Crippen molar-refractivity contribution >= 4 is 46.9 Å². The van der Waals surface area contributed by atoms with Gasteiger partial charge in [0, 0.05) is 30.0 Å². The van der Waals surface area contributed by atoms with Crippen LogP contribution in [0.1, 0.15) is 32.1 Å². The van der Waals surface area contributed by atoms with Gasteiger partial charge in [0.15, 0.2) is 5.16 Å². The first-order valence-electron chi connectivity index (χ1n) is 10.9. The number of imide groups is 1. The number of fused-ring (bicyclic) bond motifs is 1. The normalized spacial score (nSPS) is 21.5. The molecule has 3 amide bonds. The number of thioether (sulfide) groups is 1. The number of likely N-dealkylation sites (tertiary alicyclic amines) is 1. The van der Waals surface area contributed by atoms with E-state index in [1.165, 1.54) is 16.7 Å². The molecule has 3 unspecified atom stereocenters. The van der Waals surface area contributed by atoms with Gasteiger partial charge in [-0.05, 0) is 55.5 Å². The van der Waals surface area contributed by atoms with Gasteiger partial charge in [0.2, 0.25) is 17.7 Å². The van der Waals surface area contributed by atoms with Gasteiger partial charge in [0.05, 0.1) is 11.8 Å². The van der Waals surface area contributed by atoms with Crippen LogP contribution in [0.5, 0.6) is 0 Å². The topological polar surface area (TPSA) is 84.3 Å². The van der Waals surface area contributed by atoms with E-state index in [-0.39, 0.29) is 29.6 Å². The fourth-order valence-corrected chi connectivity index (χ4v) is 5.75. The number of hydrogen-bond donors (Lipinski definition) is 1. The Bertz CT molecular complexity index is 967. The predicted octanol–water partition coefficient (Wildman–Crippen LogP) is 3.81. The van der Waals surface area contributed by atoms with Crippen molar-refractivity contribution < 1.29 is 14.4 Å². The minimum absolute atomic E-state index is 0.164. The molecule has 4 rings (SSSR count). The maximum Gasteiger partial charge on any atom is 0.247 e. The monoisotopic (exact) mass is 472 g/mol. The van der Waals surface area contributed by atoms with Crippen LogP contribution in [0.4, 0.5) is 5.69 Å². The van der Waals surface area contributed by atoms with Gasteiger partial charge in [0.1, 0.15) is 6.04 Å². The summed E-state index contributed by atoms with van der Waals surface area (Å²) in [6, 6.07) is 6.75. The van der Waals surface area contributed by atoms with Crippen LogP contribution in [0.15, 0.2) is 46.7 Å². The summed E-state index contributed by atoms with van der Waals surface area (Å²) >= 11 is 3.14. The van der Waals surface area contributed by atoms with Crippen molar-refractivity contribution in [3.8, 4) is 0 Å². The first-order valence-corrected chi connectivity index (χ1v) is 13.1. The molecule has 1 aliphatic heterocycles. The van der Waals surface area contributed by atoms with Crippen LogP contribution < -0.4 is 5.32 Å². The zero-order chi connectivity index (χ0) is 22.7. The lowest BCUT2D eigenvalue weighted by atomic mass is 9.81. The second kappa shape index (κ2) is 10.1. The van der Waals surface area contributed by atoms with Gasteiger partial charge >= 0.3 is 0 Å². The highest BCUT2D eigenvalue weighted by molar-refractivity contribution is 7.99. The quantitative estimate of drug-likeness (QED) is 0.588. The lowest BCUT2D eigenvalue weighted by Gasteiger charge is -2.26. The summed E-state index contributed by atoms with van der Waals surface area (Å²) in [5.41, 5.74) is 0.643. The number of amides is 3. The minimum Gasteiger partial charge on any atom is -0.329 e. The molecule has 1 saturated carbocycles. The molecule has 1 saturated heterocycles. The predicted molar refractivity (Wildman–Crippen MR) is 126 cm³/mol. The molecular weight excluding hydrogens is 444 g/mol. The van der Waals surface area contributed by atoms with E-state index in [1.54, 1.807) is 18.0 Å². The van der Waals surface area contributed by atoms with E-state index in [4.69, 9.17) is 0 Å². The number of nitrogens with one attached hydrogen (secondary N) is 1. The van der Waals surface area contributed by atoms with Gasteiger partial charge in [-0.15, -0.1) is 0 Å². The molecule has 7 nitrogen and oxygen atoms in total. The van der Waals surface area contributed by atoms with Crippen molar-refractivity contribution in [1.82, 2.24) is 14.5 Å². The number of nitrogens with zero attached hydrogens (tertiary/aromatic N) is 3. The third-order valence-corrected chi connectivity index (χ3v) is 7.92. The summed E-state index contributed by atoms with van der Waals surface area (Å²) in [7, 11) is 1.94. The Morgan fingerprint density at radius 1 is 1.16 bits per heavy atom. The first kappa shape index (κ1) is 22.9. The lowest BCUT2D eigenvalue weighted by Crippen LogP contribution is -2.48. The van der Waals surface area contributed by atoms with Crippen LogP contribution in [0.25, 0.3) is 0 Å². The summed E-state index contributed by atoms with van der Waals surface area (Å²) < 4.78 is 1.94. The number of aromatic nitrogens is 2. The second-order valence-corrected chi connectivity index (χ2v) is 10.3. The number of hydrogen-bond acceptors (Lipinski definition) is 6. The van der Waals surface area contributed by atoms with E-state index in [0.717, 1.165) is 35.7 Å². The number of carbonyl (C=O) groups excluding carboxylic acids is 3. The van der Waals surface area contributed by atoms with Gasteiger partial charge in [-0.3, -0.25) is 19.3 Å². The molecule has 0 spiro atoms. The summed E-state index contributed by atoms with van der Waals surface area (Å²) in [5, 5.41) is 3.80. The molecule has 2 aromatic rings. The Kier molecular flexibility index (Phi) is 7.25. The second-order valence-electron chi connectivity index (χ2n) is 8.28. The molecule has 170 valence electrons. The summed E-state index contributed by atoms with van der Waals surface area (Å²) in [6.07, 6.45) is 9.49. The Hall–Kier alpha value is -2.26. The molecule has 2 heterocycles. The van der Waals surface area contributed by atoms with Crippen LogP contribution in [-0.4, -0.2) is 50.2 Å². The average Bonchev–Trinajstić information content (AvgIpc) is 3.31. The minimum atomic E-state index is -0.769. The highest BCUT2D eigenvalue weighted by Gasteiger charge is 2.51. The van der Waals surface area contributed by atoms with E-state index in [0.29, 0.717) is 17.9 Å². The van der Waals surface area contributed by atoms with Crippen LogP contribution in [0.3, 0.4) is 0 Å². The number of imidazole rings is 1. The van der Waals surface area contributed by atoms with Crippen molar-refractivity contribution in [1.29, 1.82) is 0 Å². The van der Waals surface area contributed by atoms with E-state index in [2.05, 4.69) is 10.3 Å². The van der Waals surface area contributed by atoms with Gasteiger partial charge < -0.3 is 9.88 Å². The first-order chi connectivity index (χ1) is 15.5. The highest BCUT2D eigenvalue weighted by Crippen LogP contribution is 2.39. The molecular formula is C23H28N4O3S2. The van der Waals surface area contributed by atoms with Crippen LogP contribution in [0, 0.1) is 11.8 Å². The summed E-state index contributed by atoms with van der Waals surface area (Å²) in [5.74, 6) is -0.426. The molecule has 1 aromatic heterocycles. The molecule has 1 N–H and O–H groups in total. The number of aryl methyl sites for hydroxylation is 1. The van der Waals surface area contributed by atoms with Crippen LogP contribution >= 0.6 is 23.5 Å². The zero-order valence-corrected chi connectivity index (χ0v) is 20.0. The van der Waals surface area contributed by atoms with Crippen LogP contribution in [0.2, 0.25) is 0 Å². The molecule has 3 atom stereocenters. The molecule has 32 heavy (non-hydrogen) atoms. The van der Waals surface area contributed by atoms with E-state index < -0.39 is 6.04 Å². The third-order valence-electron chi connectivity index (χ3n) is 6.19. The average molecular weight is 473 g/mol. The molecule has 1 aliphatic carbocycles. The molecule has 2 aliphatic rings. The lowest BCUT2D eigenvalue weighted by molar-refractivity contribution is -0.146. The highest BCUT2D eigenvalue weighted by atomic mass is 32.2. The van der Waals surface area contributed by atoms with Crippen molar-refractivity contribution in [2.24, 2.45) is 18.9 Å². The number of anilines is 1. The van der Waals surface area contributed by atoms with Crippen molar-refractivity contribution in [3.05, 3.63) is 36.7 Å². The maximum absolute atomic E-state index is 13.2. The SMILES string of the molecule is CSCCC(C(=O)Nc1ccc(Sc2nccn2C)cc1)N1C(=O)C2CCCCC2C1=O. The van der Waals surface area contributed by atoms with Crippen molar-refractivity contribution in [3.63, 3.8) is 0 Å². The Morgan fingerprint density at radius 2 is 1.81 bits per heavy atom. The van der Waals surface area contributed by atoms with Crippen molar-refractivity contribution in [2.75, 3.05) is 17.3 Å². The fraction of sp³-hybridized carbons (Fsp3) is 0.478. The summed E-state index contributed by atoms with van der Waals surface area (Å²) in [4.78, 5) is 45.9. The standard InChI is InChI=1S/C23H28N4O3S2/c1-26-13-12-24-23(26)32-16-9-7-15(8-10-16)25-20(28)19(11-14-31-2)27-21(29)17-5-3-4-6-18(17)22(27)30/h7-10,12-13,17-19H,3-6,11,14H2,1-2H3,(H,25,28). The molecule has 2 fully saturated rings. The Balaban J connectivity index is 1.47. The van der Waals surface area contributed by atoms with Gasteiger partial charge in [0.25, 0.3) is 0 Å². The smallest absolute Gasteiger partial charge is 0.247 e. The maximum atomic E-state index is 13.2. The van der Waals surface area contributed by atoms with E-state index in [1.807, 2.05) is 48.3 Å². The van der Waals surface area contributed by atoms with E-state index in [9.17, 15) is 14.4 Å². The van der Waals surface area contributed by atoms with Gasteiger partial charge in [-0.2, -0.15) is 11.8 Å². The third kappa shape index (κ3) is 4.73. The number of rotatable bonds is 8. The van der Waals surface area contributed by atoms with Crippen LogP contribution in [-0.2, 0) is 21.4 Å². The fourth-order valence-electron chi connectivity index (χ4n) is 4.49. The summed E-state index contributed by atoms with van der Waals surface area (Å²) in [6.45, 7) is 0. The molecule has 1 aromatic carbocycles. The molecule has 0 bridgehead atoms. The molecule has 9 heteroatoms. The van der Waals surface area contributed by atoms with Gasteiger partial charge in [-0.1, -0.05) is 24.6 Å². The molecule has 0 radical (unpaired) electrons. The van der Waals surface area contributed by atoms with Gasteiger partial charge in [-0.25, -0.2) is 4.98 Å².